The van der Waals surface area contributed by atoms with Crippen LogP contribution in [0.5, 0.6) is 0 Å². The Morgan fingerprint density at radius 1 is 1.57 bits per heavy atom. The molecule has 0 atom stereocenters. The van der Waals surface area contributed by atoms with Gasteiger partial charge in [0.2, 0.25) is 0 Å². The van der Waals surface area contributed by atoms with Crippen molar-refractivity contribution in [1.29, 1.82) is 5.26 Å². The number of nitrogens with zero attached hydrogens (tertiary/aromatic N) is 3. The van der Waals surface area contributed by atoms with Gasteiger partial charge in [-0.1, -0.05) is 6.07 Å². The summed E-state index contributed by atoms with van der Waals surface area (Å²) in [5.41, 5.74) is 2.14. The van der Waals surface area contributed by atoms with Crippen LogP contribution in [0, 0.1) is 21.4 Å². The van der Waals surface area contributed by atoms with Gasteiger partial charge in [-0.15, -0.1) is 0 Å². The highest BCUT2D eigenvalue weighted by Crippen LogP contribution is 2.32. The molecule has 1 aliphatic rings. The van der Waals surface area contributed by atoms with Crippen LogP contribution in [0.25, 0.3) is 0 Å². The highest BCUT2D eigenvalue weighted by atomic mass is 16.6. The number of hydrogen-bond acceptors (Lipinski definition) is 6. The summed E-state index contributed by atoms with van der Waals surface area (Å²) in [7, 11) is 0. The van der Waals surface area contributed by atoms with E-state index in [0.29, 0.717) is 6.54 Å². The topological polar surface area (TPSA) is 125 Å². The molecule has 1 fully saturated rings. The van der Waals surface area contributed by atoms with E-state index in [-0.39, 0.29) is 35.3 Å². The number of carbonyl (C=O) groups excluding carboxylic acids is 1. The molecule has 1 amide bonds. The van der Waals surface area contributed by atoms with Gasteiger partial charge in [-0.25, -0.2) is 0 Å². The molecule has 8 heteroatoms. The molecule has 21 heavy (non-hydrogen) atoms. The predicted octanol–water partition coefficient (Wildman–Crippen LogP) is 1.40. The number of nitro benzene ring substituents is 1. The average molecular weight is 289 g/mol. The van der Waals surface area contributed by atoms with Crippen LogP contribution < -0.4 is 11.3 Å². The van der Waals surface area contributed by atoms with E-state index in [0.717, 1.165) is 12.8 Å². The van der Waals surface area contributed by atoms with E-state index in [1.54, 1.807) is 4.90 Å². The number of anilines is 1. The average Bonchev–Trinajstić information content (AvgIpc) is 3.31. The number of carbonyl (C=O) groups is 1. The van der Waals surface area contributed by atoms with Crippen molar-refractivity contribution in [1.82, 2.24) is 4.90 Å². The van der Waals surface area contributed by atoms with Gasteiger partial charge < -0.3 is 10.3 Å². The molecular formula is C13H15N5O3. The third kappa shape index (κ3) is 3.09. The quantitative estimate of drug-likeness (QED) is 0.463. The summed E-state index contributed by atoms with van der Waals surface area (Å²) in [6.07, 6.45) is 2.00. The standard InChI is InChI=1S/C13H15N5O3/c14-7-2-8-17(9-5-6-9)13(19)10-3-1-4-11(18(20)21)12(10)16-15/h1,3-4,9,16H,2,5-6,8,15H2. The molecule has 0 bridgehead atoms. The first-order valence-corrected chi connectivity index (χ1v) is 6.52. The summed E-state index contributed by atoms with van der Waals surface area (Å²) < 4.78 is 0. The minimum Gasteiger partial charge on any atom is -0.335 e. The molecule has 0 heterocycles. The molecule has 1 aromatic carbocycles. The van der Waals surface area contributed by atoms with Gasteiger partial charge in [0.1, 0.15) is 5.69 Å². The van der Waals surface area contributed by atoms with Crippen LogP contribution in [-0.2, 0) is 0 Å². The zero-order valence-corrected chi connectivity index (χ0v) is 11.3. The minimum absolute atomic E-state index is 0.00453. The Morgan fingerprint density at radius 3 is 2.81 bits per heavy atom. The highest BCUT2D eigenvalue weighted by molar-refractivity contribution is 6.01. The molecular weight excluding hydrogens is 274 g/mol. The number of para-hydroxylation sites is 1. The lowest BCUT2D eigenvalue weighted by atomic mass is 10.1. The molecule has 1 aromatic rings. The van der Waals surface area contributed by atoms with Gasteiger partial charge in [-0.2, -0.15) is 5.26 Å². The van der Waals surface area contributed by atoms with Crippen molar-refractivity contribution < 1.29 is 9.72 Å². The Balaban J connectivity index is 2.35. The summed E-state index contributed by atoms with van der Waals surface area (Å²) in [5.74, 6) is 5.00. The van der Waals surface area contributed by atoms with Crippen molar-refractivity contribution in [2.45, 2.75) is 25.3 Å². The minimum atomic E-state index is -0.595. The van der Waals surface area contributed by atoms with Crippen LogP contribution in [0.4, 0.5) is 11.4 Å². The Hall–Kier alpha value is -2.66. The molecule has 0 unspecified atom stereocenters. The van der Waals surface area contributed by atoms with E-state index in [9.17, 15) is 14.9 Å². The van der Waals surface area contributed by atoms with Gasteiger partial charge in [0, 0.05) is 18.7 Å². The maximum atomic E-state index is 12.6. The summed E-state index contributed by atoms with van der Waals surface area (Å²) in [6, 6.07) is 6.33. The Morgan fingerprint density at radius 2 is 2.29 bits per heavy atom. The first-order valence-electron chi connectivity index (χ1n) is 6.52. The van der Waals surface area contributed by atoms with Gasteiger partial charge in [0.25, 0.3) is 11.6 Å². The summed E-state index contributed by atoms with van der Waals surface area (Å²) >= 11 is 0. The van der Waals surface area contributed by atoms with Crippen molar-refractivity contribution in [3.05, 3.63) is 33.9 Å². The number of nitrogens with two attached hydrogens (primary N) is 1. The molecule has 110 valence electrons. The molecule has 1 saturated carbocycles. The fourth-order valence-corrected chi connectivity index (χ4v) is 2.18. The summed E-state index contributed by atoms with van der Waals surface area (Å²) in [5, 5.41) is 19.7. The second kappa shape index (κ2) is 6.19. The van der Waals surface area contributed by atoms with Crippen LogP contribution in [-0.4, -0.2) is 28.3 Å². The van der Waals surface area contributed by atoms with Gasteiger partial charge in [-0.3, -0.25) is 20.8 Å². The van der Waals surface area contributed by atoms with Gasteiger partial charge in [0.15, 0.2) is 0 Å². The smallest absolute Gasteiger partial charge is 0.294 e. The molecule has 1 aliphatic carbocycles. The molecule has 0 aliphatic heterocycles. The van der Waals surface area contributed by atoms with Crippen LogP contribution in [0.15, 0.2) is 18.2 Å². The predicted molar refractivity (Wildman–Crippen MR) is 75.2 cm³/mol. The lowest BCUT2D eigenvalue weighted by molar-refractivity contribution is -0.384. The highest BCUT2D eigenvalue weighted by Gasteiger charge is 2.34. The maximum absolute atomic E-state index is 12.6. The van der Waals surface area contributed by atoms with Crippen molar-refractivity contribution >= 4 is 17.3 Å². The Bertz CT molecular complexity index is 606. The maximum Gasteiger partial charge on any atom is 0.294 e. The lowest BCUT2D eigenvalue weighted by Gasteiger charge is -2.22. The van der Waals surface area contributed by atoms with Crippen LogP contribution >= 0.6 is 0 Å². The van der Waals surface area contributed by atoms with Crippen molar-refractivity contribution in [2.75, 3.05) is 12.0 Å². The first-order chi connectivity index (χ1) is 10.1. The van der Waals surface area contributed by atoms with Crippen LogP contribution in [0.3, 0.4) is 0 Å². The summed E-state index contributed by atoms with van der Waals surface area (Å²) in [6.45, 7) is 0.312. The zero-order chi connectivity index (χ0) is 15.4. The second-order valence-corrected chi connectivity index (χ2v) is 4.74. The van der Waals surface area contributed by atoms with Crippen molar-refractivity contribution in [3.8, 4) is 6.07 Å². The van der Waals surface area contributed by atoms with E-state index in [1.807, 2.05) is 6.07 Å². The fraction of sp³-hybridized carbons (Fsp3) is 0.385. The number of hydrazine groups is 1. The largest absolute Gasteiger partial charge is 0.335 e. The number of rotatable bonds is 6. The Kier molecular flexibility index (Phi) is 4.35. The molecule has 0 saturated heterocycles. The molecule has 8 nitrogen and oxygen atoms in total. The number of hydrogen-bond donors (Lipinski definition) is 2. The SMILES string of the molecule is N#CCCN(C(=O)c1cccc([N+](=O)[O-])c1NN)C1CC1. The summed E-state index contributed by atoms with van der Waals surface area (Å²) in [4.78, 5) is 24.6. The normalized spacial score (nSPS) is 13.3. The number of benzene rings is 1. The number of amides is 1. The Labute approximate surface area is 121 Å². The molecule has 0 aromatic heterocycles. The van der Waals surface area contributed by atoms with Crippen LogP contribution in [0.1, 0.15) is 29.6 Å². The van der Waals surface area contributed by atoms with E-state index >= 15 is 0 Å². The monoisotopic (exact) mass is 289 g/mol. The number of nitrogens with one attached hydrogen (secondary N) is 1. The molecule has 3 N–H and O–H groups in total. The number of nitro groups is 1. The van der Waals surface area contributed by atoms with Crippen LogP contribution in [0.2, 0.25) is 0 Å². The fourth-order valence-electron chi connectivity index (χ4n) is 2.18. The molecule has 0 radical (unpaired) electrons. The molecule has 0 spiro atoms. The van der Waals surface area contributed by atoms with Gasteiger partial charge >= 0.3 is 0 Å². The van der Waals surface area contributed by atoms with Gasteiger partial charge in [-0.05, 0) is 18.9 Å². The van der Waals surface area contributed by atoms with Gasteiger partial charge in [0.05, 0.1) is 23.0 Å². The third-order valence-corrected chi connectivity index (χ3v) is 3.33. The third-order valence-electron chi connectivity index (χ3n) is 3.33. The first kappa shape index (κ1) is 14.7. The van der Waals surface area contributed by atoms with E-state index < -0.39 is 4.92 Å². The van der Waals surface area contributed by atoms with E-state index in [1.165, 1.54) is 18.2 Å². The van der Waals surface area contributed by atoms with E-state index in [2.05, 4.69) is 5.43 Å². The second-order valence-electron chi connectivity index (χ2n) is 4.74. The lowest BCUT2D eigenvalue weighted by Crippen LogP contribution is -2.34. The van der Waals surface area contributed by atoms with E-state index in [4.69, 9.17) is 11.1 Å². The number of nitriles is 1. The number of nitrogen functional groups attached to an aromatic ring is 1. The molecule has 2 rings (SSSR count). The van der Waals surface area contributed by atoms with Crippen molar-refractivity contribution in [2.24, 2.45) is 5.84 Å². The zero-order valence-electron chi connectivity index (χ0n) is 11.3. The van der Waals surface area contributed by atoms with Crippen molar-refractivity contribution in [3.63, 3.8) is 0 Å².